The van der Waals surface area contributed by atoms with Crippen LogP contribution in [0.3, 0.4) is 0 Å². The SMILES string of the molecule is CC(=O)N(C)CC(=O)N[C@@H](Cc1c[nH]cn1)C(=O)N[C@@H](Cc1c[nH]c2ccccc12)C(=O)N[C@@H](CO)C(=O)N[C@@H](Cc1ccc(O)cc1)C(=O)N[C@H](C)C(=O)N[C@@H](CC(C)C)C(=O)N[C@@H](CCCNC(=N)N)C(=O)N1CCC[C@H]1C(=O)NCC(F)(F)F. The van der Waals surface area contributed by atoms with Crippen LogP contribution >= 0.6 is 0 Å². The van der Waals surface area contributed by atoms with E-state index in [0.717, 1.165) is 9.80 Å². The van der Waals surface area contributed by atoms with E-state index in [1.807, 2.05) is 0 Å². The van der Waals surface area contributed by atoms with E-state index < -0.39 is 133 Å². The molecule has 16 N–H and O–H groups in total. The predicted molar refractivity (Wildman–Crippen MR) is 308 cm³/mol. The van der Waals surface area contributed by atoms with Gasteiger partial charge in [-0.1, -0.05) is 44.2 Å². The summed E-state index contributed by atoms with van der Waals surface area (Å²) in [4.78, 5) is 150. The van der Waals surface area contributed by atoms with Crippen LogP contribution < -0.4 is 53.6 Å². The molecule has 474 valence electrons. The van der Waals surface area contributed by atoms with Crippen LogP contribution in [0, 0.1) is 11.3 Å². The number of benzene rings is 2. The fourth-order valence-corrected chi connectivity index (χ4v) is 9.45. The summed E-state index contributed by atoms with van der Waals surface area (Å²) in [7, 11) is 1.39. The maximum Gasteiger partial charge on any atom is 0.405 e. The van der Waals surface area contributed by atoms with Crippen molar-refractivity contribution in [3.8, 4) is 5.75 Å². The van der Waals surface area contributed by atoms with Gasteiger partial charge in [0.1, 0.15) is 60.6 Å². The minimum atomic E-state index is -4.72. The number of rotatable bonds is 31. The number of phenolic OH excluding ortho intramolecular Hbond substituents is 1. The van der Waals surface area contributed by atoms with Crippen molar-refractivity contribution in [2.24, 2.45) is 11.7 Å². The number of para-hydroxylation sites is 1. The topological polar surface area (TPSA) is 420 Å². The van der Waals surface area contributed by atoms with Crippen molar-refractivity contribution in [2.75, 3.05) is 39.8 Å². The average molecular weight is 1220 g/mol. The number of halogens is 3. The molecule has 28 nitrogen and oxygen atoms in total. The second-order valence-electron chi connectivity index (χ2n) is 21.5. The summed E-state index contributed by atoms with van der Waals surface area (Å²) in [6.45, 7) is 2.99. The lowest BCUT2D eigenvalue weighted by Gasteiger charge is -2.30. The number of likely N-dealkylation sites (N-methyl/N-ethyl adjacent to an activating group) is 1. The van der Waals surface area contributed by atoms with Crippen LogP contribution in [-0.4, -0.2) is 194 Å². The number of carbonyl (C=O) groups is 10. The summed E-state index contributed by atoms with van der Waals surface area (Å²) in [6, 6.07) is 0.947. The number of aromatic hydroxyl groups is 1. The van der Waals surface area contributed by atoms with Gasteiger partial charge in [-0.3, -0.25) is 53.4 Å². The molecule has 1 fully saturated rings. The lowest BCUT2D eigenvalue weighted by atomic mass is 10.0. The van der Waals surface area contributed by atoms with Gasteiger partial charge in [0.15, 0.2) is 5.96 Å². The highest BCUT2D eigenvalue weighted by molar-refractivity contribution is 5.99. The Morgan fingerprint density at radius 2 is 1.37 bits per heavy atom. The first-order valence-electron chi connectivity index (χ1n) is 28.1. The average Bonchev–Trinajstić information content (AvgIpc) is 2.16. The molecule has 1 saturated heterocycles. The van der Waals surface area contributed by atoms with Gasteiger partial charge in [0.25, 0.3) is 0 Å². The van der Waals surface area contributed by atoms with Gasteiger partial charge in [0.05, 0.1) is 25.2 Å². The number of hydrogen-bond acceptors (Lipinski definition) is 14. The van der Waals surface area contributed by atoms with Crippen molar-refractivity contribution >= 4 is 75.9 Å². The predicted octanol–water partition coefficient (Wildman–Crippen LogP) is -1.51. The largest absolute Gasteiger partial charge is 0.508 e. The zero-order chi connectivity index (χ0) is 64.1. The first kappa shape index (κ1) is 68.5. The highest BCUT2D eigenvalue weighted by Gasteiger charge is 2.40. The van der Waals surface area contributed by atoms with Crippen molar-refractivity contribution in [2.45, 2.75) is 134 Å². The van der Waals surface area contributed by atoms with Crippen LogP contribution in [0.4, 0.5) is 13.2 Å². The number of phenols is 1. The van der Waals surface area contributed by atoms with Gasteiger partial charge < -0.3 is 83.6 Å². The first-order valence-corrected chi connectivity index (χ1v) is 28.1. The molecule has 1 aliphatic rings. The van der Waals surface area contributed by atoms with E-state index in [-0.39, 0.29) is 82.1 Å². The fourth-order valence-electron chi connectivity index (χ4n) is 9.45. The smallest absolute Gasteiger partial charge is 0.405 e. The number of nitrogens with zero attached hydrogens (tertiary/aromatic N) is 3. The van der Waals surface area contributed by atoms with Gasteiger partial charge in [0.2, 0.25) is 59.1 Å². The lowest BCUT2D eigenvalue weighted by Crippen LogP contribution is -2.61. The van der Waals surface area contributed by atoms with E-state index in [9.17, 15) is 71.3 Å². The van der Waals surface area contributed by atoms with Crippen molar-refractivity contribution in [1.82, 2.24) is 72.6 Å². The lowest BCUT2D eigenvalue weighted by molar-refractivity contribution is -0.146. The van der Waals surface area contributed by atoms with Crippen LogP contribution in [0.5, 0.6) is 5.75 Å². The Labute approximate surface area is 498 Å². The van der Waals surface area contributed by atoms with E-state index in [4.69, 9.17) is 11.1 Å². The number of nitrogens with one attached hydrogen (secondary N) is 12. The number of hydrogen-bond donors (Lipinski definition) is 15. The zero-order valence-electron chi connectivity index (χ0n) is 48.8. The second-order valence-corrected chi connectivity index (χ2v) is 21.5. The van der Waals surface area contributed by atoms with Crippen LogP contribution in [0.15, 0.2) is 67.3 Å². The molecule has 0 saturated carbocycles. The van der Waals surface area contributed by atoms with Gasteiger partial charge in [-0.2, -0.15) is 13.2 Å². The molecule has 2 aromatic carbocycles. The number of aliphatic hydroxyl groups excluding tert-OH is 1. The molecule has 31 heteroatoms. The van der Waals surface area contributed by atoms with Crippen molar-refractivity contribution in [1.29, 1.82) is 5.41 Å². The van der Waals surface area contributed by atoms with Crippen LogP contribution in [-0.2, 0) is 67.2 Å². The number of carbonyl (C=O) groups excluding carboxylic acids is 10. The molecule has 0 spiro atoms. The normalized spacial score (nSPS) is 15.5. The molecule has 4 aromatic rings. The van der Waals surface area contributed by atoms with Gasteiger partial charge in [-0.25, -0.2) is 4.98 Å². The van der Waals surface area contributed by atoms with Crippen molar-refractivity contribution < 1.29 is 71.3 Å². The fraction of sp³-hybridized carbons (Fsp3) is 0.500. The summed E-state index contributed by atoms with van der Waals surface area (Å²) >= 11 is 0. The van der Waals surface area contributed by atoms with E-state index in [1.54, 1.807) is 49.6 Å². The molecule has 2 aromatic heterocycles. The van der Waals surface area contributed by atoms with E-state index in [2.05, 4.69) is 57.5 Å². The second kappa shape index (κ2) is 32.3. The molecule has 0 aliphatic carbocycles. The number of imidazole rings is 1. The third kappa shape index (κ3) is 21.6. The van der Waals surface area contributed by atoms with Crippen molar-refractivity contribution in [3.63, 3.8) is 0 Å². The molecular weight excluding hydrogens is 1150 g/mol. The Hall–Kier alpha value is -9.29. The monoisotopic (exact) mass is 1220 g/mol. The van der Waals surface area contributed by atoms with Crippen LogP contribution in [0.2, 0.25) is 0 Å². The molecule has 0 radical (unpaired) electrons. The van der Waals surface area contributed by atoms with Gasteiger partial charge in [-0.05, 0) is 74.3 Å². The van der Waals surface area contributed by atoms with Gasteiger partial charge in [-0.15, -0.1) is 0 Å². The number of nitrogens with two attached hydrogens (primary N) is 1. The minimum absolute atomic E-state index is 0.0113. The Balaban J connectivity index is 1.34. The summed E-state index contributed by atoms with van der Waals surface area (Å²) in [5.74, 6) is -9.41. The molecule has 1 aliphatic heterocycles. The molecule has 8 atom stereocenters. The van der Waals surface area contributed by atoms with Crippen LogP contribution in [0.1, 0.15) is 76.6 Å². The first-order chi connectivity index (χ1) is 41.1. The number of aromatic amines is 2. The summed E-state index contributed by atoms with van der Waals surface area (Å²) < 4.78 is 39.0. The molecule has 3 heterocycles. The Morgan fingerprint density at radius 3 is 1.99 bits per heavy atom. The zero-order valence-corrected chi connectivity index (χ0v) is 48.8. The maximum atomic E-state index is 14.5. The molecule has 0 bridgehead atoms. The number of fused-ring (bicyclic) bond motifs is 1. The van der Waals surface area contributed by atoms with Gasteiger partial charge >= 0.3 is 6.18 Å². The number of guanidine groups is 1. The molecule has 5 rings (SSSR count). The number of likely N-dealkylation sites (tertiary alicyclic amines) is 1. The van der Waals surface area contributed by atoms with Gasteiger partial charge in [0, 0.05) is 69.6 Å². The number of aromatic nitrogens is 3. The van der Waals surface area contributed by atoms with E-state index in [0.29, 0.717) is 27.7 Å². The number of alkyl halides is 3. The molecular formula is C56H77F3N16O12. The summed E-state index contributed by atoms with van der Waals surface area (Å²) in [6.07, 6.45) is -0.559. The Morgan fingerprint density at radius 1 is 0.770 bits per heavy atom. The quantitative estimate of drug-likeness (QED) is 0.0155. The number of amides is 10. The highest BCUT2D eigenvalue weighted by Crippen LogP contribution is 2.23. The summed E-state index contributed by atoms with van der Waals surface area (Å²) in [5, 5.41) is 51.2. The molecule has 0 unspecified atom stereocenters. The Bertz CT molecular complexity index is 3050. The number of H-pyrrole nitrogens is 2. The summed E-state index contributed by atoms with van der Waals surface area (Å²) in [5.41, 5.74) is 7.39. The third-order valence-corrected chi connectivity index (χ3v) is 14.1. The highest BCUT2D eigenvalue weighted by atomic mass is 19.4. The maximum absolute atomic E-state index is 14.5. The van der Waals surface area contributed by atoms with Crippen LogP contribution in [0.25, 0.3) is 10.9 Å². The third-order valence-electron chi connectivity index (χ3n) is 14.1. The molecule has 87 heavy (non-hydrogen) atoms. The number of aliphatic hydroxyl groups is 1. The van der Waals surface area contributed by atoms with Crippen molar-refractivity contribution in [3.05, 3.63) is 84.1 Å². The molecule has 10 amide bonds. The van der Waals surface area contributed by atoms with E-state index >= 15 is 0 Å². The minimum Gasteiger partial charge on any atom is -0.508 e. The van der Waals surface area contributed by atoms with E-state index in [1.165, 1.54) is 57.7 Å². The Kier molecular flexibility index (Phi) is 25.4. The standard InChI is InChI=1S/C56H77F3N16O12/c1-30(2)20-40(49(82)69-39(12-8-18-63-55(60)61)54(87)75-19-9-13-45(75)53(86)65-28-56(57,58)59)70-47(80)31(3)67-48(81)41(21-33-14-16-36(78)17-15-33)71-52(85)44(27-76)73-50(83)42(22-34-24-64-38-11-7-6-10-37(34)38)72-51(84)43(23-35-25-62-29-66-35)68-46(79)26-74(5)32(4)77/h6-7,10-11,14-17,24-25,29-31,39-45,64,76,78H,8-9,12-13,18-23,26-28H2,1-5H3,(H,62,66)(H,65,86)(H,67,81)(H,68,79)(H,69,82)(H,70,80)(H,71,85)(H,72,84)(H,73,83)(H4,60,61,63)/t31-,39+,40+,41+,42+,43+,44+,45+/m1/s1.